The molecule has 0 aromatic carbocycles. The average Bonchev–Trinajstić information content (AvgIpc) is 2.84. The fraction of sp³-hybridized carbons (Fsp3) is 0.684. The highest BCUT2D eigenvalue weighted by molar-refractivity contribution is 6.05. The molecule has 1 N–H and O–H groups in total. The third-order valence-corrected chi connectivity index (χ3v) is 7.14. The van der Waals surface area contributed by atoms with Gasteiger partial charge in [0.2, 0.25) is 0 Å². The number of ketones is 2. The zero-order valence-corrected chi connectivity index (χ0v) is 13.7. The van der Waals surface area contributed by atoms with Crippen LogP contribution < -0.4 is 0 Å². The Labute approximate surface area is 131 Å². The van der Waals surface area contributed by atoms with Crippen molar-refractivity contribution in [3.63, 3.8) is 0 Å². The highest BCUT2D eigenvalue weighted by Crippen LogP contribution is 2.72. The monoisotopic (exact) mass is 300 g/mol. The van der Waals surface area contributed by atoms with Crippen LogP contribution in [-0.2, 0) is 9.59 Å². The van der Waals surface area contributed by atoms with Gasteiger partial charge in [0.05, 0.1) is 17.4 Å². The van der Waals surface area contributed by atoms with Crippen LogP contribution in [0.5, 0.6) is 0 Å². The molecule has 0 amide bonds. The van der Waals surface area contributed by atoms with Crippen molar-refractivity contribution in [3.8, 4) is 0 Å². The van der Waals surface area contributed by atoms with Gasteiger partial charge in [-0.15, -0.1) is 0 Å². The Kier molecular flexibility index (Phi) is 2.61. The van der Waals surface area contributed by atoms with Gasteiger partial charge in [0.15, 0.2) is 5.78 Å². The van der Waals surface area contributed by atoms with E-state index in [9.17, 15) is 14.7 Å². The summed E-state index contributed by atoms with van der Waals surface area (Å²) in [7, 11) is 0. The number of aliphatic hydroxyl groups is 1. The first kappa shape index (κ1) is 14.4. The summed E-state index contributed by atoms with van der Waals surface area (Å²) in [4.78, 5) is 25.6. The fourth-order valence-corrected chi connectivity index (χ4v) is 5.86. The van der Waals surface area contributed by atoms with E-state index in [1.165, 1.54) is 0 Å². The summed E-state index contributed by atoms with van der Waals surface area (Å²) < 4.78 is 0. The maximum absolute atomic E-state index is 13.2. The fourth-order valence-electron chi connectivity index (χ4n) is 5.86. The molecule has 1 spiro atoms. The van der Waals surface area contributed by atoms with Gasteiger partial charge in [0.1, 0.15) is 5.78 Å². The van der Waals surface area contributed by atoms with Crippen molar-refractivity contribution in [2.75, 3.05) is 0 Å². The van der Waals surface area contributed by atoms with Gasteiger partial charge in [-0.3, -0.25) is 9.59 Å². The molecule has 7 atom stereocenters. The first-order valence-corrected chi connectivity index (χ1v) is 8.36. The highest BCUT2D eigenvalue weighted by Gasteiger charge is 2.72. The van der Waals surface area contributed by atoms with Gasteiger partial charge < -0.3 is 5.11 Å². The van der Waals surface area contributed by atoms with E-state index in [0.29, 0.717) is 11.8 Å². The summed E-state index contributed by atoms with van der Waals surface area (Å²) in [5.74, 6) is 0.383. The van der Waals surface area contributed by atoms with E-state index in [0.717, 1.165) is 12.0 Å². The quantitative estimate of drug-likeness (QED) is 0.700. The number of fused-ring (bicyclic) bond motifs is 2. The Morgan fingerprint density at radius 1 is 1.23 bits per heavy atom. The molecule has 2 fully saturated rings. The molecule has 22 heavy (non-hydrogen) atoms. The minimum atomic E-state index is -0.803. The van der Waals surface area contributed by atoms with E-state index >= 15 is 0 Å². The molecule has 0 bridgehead atoms. The Morgan fingerprint density at radius 2 is 1.91 bits per heavy atom. The molecular weight excluding hydrogens is 276 g/mol. The molecule has 0 saturated heterocycles. The highest BCUT2D eigenvalue weighted by atomic mass is 16.3. The van der Waals surface area contributed by atoms with Gasteiger partial charge in [0.25, 0.3) is 0 Å². The molecular formula is C19H24O3. The lowest BCUT2D eigenvalue weighted by Gasteiger charge is -2.46. The molecule has 3 heteroatoms. The number of rotatable bonds is 0. The van der Waals surface area contributed by atoms with Crippen molar-refractivity contribution in [1.29, 1.82) is 0 Å². The standard InChI is InChI=1S/C19H24O3/c1-9-7-11-13(20)5-6-19(11)15(16(9)21)14-12(18(14,3)4)8-10(2)17(19)22/h5-7,10-12,14-16,21H,8H2,1-4H3/t10-,11+,12-,14-,15?,16+,19+/m1/s1. The van der Waals surface area contributed by atoms with E-state index in [4.69, 9.17) is 0 Å². The van der Waals surface area contributed by atoms with Gasteiger partial charge >= 0.3 is 0 Å². The molecule has 0 heterocycles. The van der Waals surface area contributed by atoms with Gasteiger partial charge in [-0.25, -0.2) is 0 Å². The second kappa shape index (κ2) is 4.00. The molecule has 118 valence electrons. The van der Waals surface area contributed by atoms with Crippen LogP contribution in [0.4, 0.5) is 0 Å². The maximum Gasteiger partial charge on any atom is 0.163 e. The molecule has 0 aromatic rings. The number of Topliss-reactive ketones (excluding diaryl/α,β-unsaturated/α-hetero) is 1. The second-order valence-corrected chi connectivity index (χ2v) is 8.48. The Bertz CT molecular complexity index is 641. The van der Waals surface area contributed by atoms with E-state index in [-0.39, 0.29) is 28.8 Å². The summed E-state index contributed by atoms with van der Waals surface area (Å²) >= 11 is 0. The van der Waals surface area contributed by atoms with E-state index in [1.807, 2.05) is 26.0 Å². The minimum Gasteiger partial charge on any atom is -0.388 e. The predicted octanol–water partition coefficient (Wildman–Crippen LogP) is 2.55. The van der Waals surface area contributed by atoms with Crippen molar-refractivity contribution in [3.05, 3.63) is 23.8 Å². The van der Waals surface area contributed by atoms with Crippen molar-refractivity contribution in [1.82, 2.24) is 0 Å². The number of hydrogen-bond acceptors (Lipinski definition) is 3. The van der Waals surface area contributed by atoms with Gasteiger partial charge in [0, 0.05) is 11.8 Å². The lowest BCUT2D eigenvalue weighted by Crippen LogP contribution is -2.53. The number of hydrogen-bond donors (Lipinski definition) is 1. The zero-order valence-electron chi connectivity index (χ0n) is 13.7. The molecule has 3 nitrogen and oxygen atoms in total. The molecule has 0 radical (unpaired) electrons. The SMILES string of the molecule is CC1=C[C@H]2C(=O)C=C[C@]23C(=O)[C@H](C)C[C@@H]2[C@H](C3[C@H]1O)C2(C)C. The second-order valence-electron chi connectivity index (χ2n) is 8.48. The number of carbonyl (C=O) groups is 2. The third-order valence-electron chi connectivity index (χ3n) is 7.14. The normalized spacial score (nSPS) is 51.6. The van der Waals surface area contributed by atoms with Crippen LogP contribution in [-0.4, -0.2) is 22.8 Å². The largest absolute Gasteiger partial charge is 0.388 e. The zero-order chi connectivity index (χ0) is 16.0. The number of allylic oxidation sites excluding steroid dienone is 3. The summed E-state index contributed by atoms with van der Waals surface area (Å²) in [6.45, 7) is 8.38. The molecule has 4 aliphatic carbocycles. The van der Waals surface area contributed by atoms with E-state index in [1.54, 1.807) is 6.08 Å². The van der Waals surface area contributed by atoms with Gasteiger partial charge in [-0.1, -0.05) is 32.9 Å². The lowest BCUT2D eigenvalue weighted by molar-refractivity contribution is -0.141. The smallest absolute Gasteiger partial charge is 0.163 e. The van der Waals surface area contributed by atoms with E-state index < -0.39 is 17.4 Å². The average molecular weight is 300 g/mol. The van der Waals surface area contributed by atoms with Gasteiger partial charge in [-0.2, -0.15) is 0 Å². The lowest BCUT2D eigenvalue weighted by atomic mass is 9.56. The van der Waals surface area contributed by atoms with Gasteiger partial charge in [-0.05, 0) is 42.2 Å². The van der Waals surface area contributed by atoms with Crippen molar-refractivity contribution >= 4 is 11.6 Å². The predicted molar refractivity (Wildman–Crippen MR) is 82.9 cm³/mol. The van der Waals surface area contributed by atoms with Crippen LogP contribution in [0.3, 0.4) is 0 Å². The number of carbonyl (C=O) groups excluding carboxylic acids is 2. The summed E-state index contributed by atoms with van der Waals surface area (Å²) in [5, 5.41) is 10.9. The van der Waals surface area contributed by atoms with Crippen LogP contribution in [0.15, 0.2) is 23.8 Å². The Hall–Kier alpha value is -1.22. The maximum atomic E-state index is 13.2. The van der Waals surface area contributed by atoms with Crippen LogP contribution in [0.2, 0.25) is 0 Å². The Morgan fingerprint density at radius 3 is 2.59 bits per heavy atom. The molecule has 1 unspecified atom stereocenters. The minimum absolute atomic E-state index is 0.0220. The van der Waals surface area contributed by atoms with Crippen LogP contribution in [0.25, 0.3) is 0 Å². The molecule has 2 saturated carbocycles. The van der Waals surface area contributed by atoms with Crippen LogP contribution >= 0.6 is 0 Å². The van der Waals surface area contributed by atoms with Crippen molar-refractivity contribution in [2.45, 2.75) is 40.2 Å². The van der Waals surface area contributed by atoms with Crippen molar-refractivity contribution < 1.29 is 14.7 Å². The van der Waals surface area contributed by atoms with Crippen molar-refractivity contribution in [2.24, 2.45) is 40.4 Å². The van der Waals surface area contributed by atoms with E-state index in [2.05, 4.69) is 13.8 Å². The third kappa shape index (κ3) is 1.41. The number of aliphatic hydroxyl groups excluding tert-OH is 1. The molecule has 0 aliphatic heterocycles. The van der Waals surface area contributed by atoms with Crippen LogP contribution in [0, 0.1) is 40.4 Å². The summed E-state index contributed by atoms with van der Waals surface area (Å²) in [6, 6.07) is 0. The topological polar surface area (TPSA) is 54.4 Å². The molecule has 4 rings (SSSR count). The summed E-state index contributed by atoms with van der Waals surface area (Å²) in [6.07, 6.45) is 5.54. The molecule has 4 aliphatic rings. The Balaban J connectivity index is 1.95. The molecule has 0 aromatic heterocycles. The summed E-state index contributed by atoms with van der Waals surface area (Å²) in [5.41, 5.74) is 0.198. The van der Waals surface area contributed by atoms with Crippen LogP contribution in [0.1, 0.15) is 34.1 Å². The first-order valence-electron chi connectivity index (χ1n) is 8.36. The first-order chi connectivity index (χ1) is 10.2.